The highest BCUT2D eigenvalue weighted by molar-refractivity contribution is 6.03. The number of hydrogen-bond acceptors (Lipinski definition) is 9. The van der Waals surface area contributed by atoms with Crippen LogP contribution in [0.25, 0.3) is 0 Å². The quantitative estimate of drug-likeness (QED) is 0.476. The molecule has 1 aliphatic heterocycles. The predicted octanol–water partition coefficient (Wildman–Crippen LogP) is 3.00. The normalized spacial score (nSPS) is 15.1. The molecular weight excluding hydrogens is 448 g/mol. The van der Waals surface area contributed by atoms with E-state index in [2.05, 4.69) is 30.7 Å². The molecule has 11 nitrogen and oxygen atoms in total. The van der Waals surface area contributed by atoms with E-state index < -0.39 is 0 Å². The first kappa shape index (κ1) is 24.2. The van der Waals surface area contributed by atoms with Crippen LogP contribution in [0.15, 0.2) is 24.7 Å². The third-order valence-corrected chi connectivity index (χ3v) is 5.73. The van der Waals surface area contributed by atoms with Crippen molar-refractivity contribution in [1.82, 2.24) is 24.7 Å². The van der Waals surface area contributed by atoms with E-state index in [-0.39, 0.29) is 18.1 Å². The van der Waals surface area contributed by atoms with Crippen molar-refractivity contribution in [2.24, 2.45) is 0 Å². The minimum atomic E-state index is -0.248. The number of pyridine rings is 1. The van der Waals surface area contributed by atoms with Gasteiger partial charge < -0.3 is 25.0 Å². The summed E-state index contributed by atoms with van der Waals surface area (Å²) in [6.45, 7) is 8.79. The Balaban J connectivity index is 1.43. The number of methoxy groups -OCH3 is 1. The van der Waals surface area contributed by atoms with Crippen molar-refractivity contribution in [3.63, 3.8) is 0 Å². The second kappa shape index (κ2) is 10.2. The fourth-order valence-corrected chi connectivity index (χ4v) is 4.00. The van der Waals surface area contributed by atoms with Crippen LogP contribution in [0.1, 0.15) is 44.0 Å². The van der Waals surface area contributed by atoms with Crippen LogP contribution >= 0.6 is 0 Å². The SMILES string of the molecule is CC[C@H]1C(=O)Nc2c(C)nc(NCc3cnn(Cc4cnc(OC(C)C)c(OC)c4)c3)nc2N1C. The van der Waals surface area contributed by atoms with Crippen LogP contribution < -0.4 is 25.0 Å². The molecule has 1 atom stereocenters. The monoisotopic (exact) mass is 480 g/mol. The average Bonchev–Trinajstić information content (AvgIpc) is 3.26. The van der Waals surface area contributed by atoms with Gasteiger partial charge in [-0.2, -0.15) is 10.1 Å². The van der Waals surface area contributed by atoms with Gasteiger partial charge in [0.25, 0.3) is 5.88 Å². The van der Waals surface area contributed by atoms with E-state index in [0.717, 1.165) is 11.1 Å². The van der Waals surface area contributed by atoms with Gasteiger partial charge in [0.2, 0.25) is 11.9 Å². The van der Waals surface area contributed by atoms with Crippen LogP contribution in [0.3, 0.4) is 0 Å². The second-order valence-electron chi connectivity index (χ2n) is 8.77. The molecule has 4 heterocycles. The number of carbonyl (C=O) groups is 1. The Morgan fingerprint density at radius 1 is 1.23 bits per heavy atom. The van der Waals surface area contributed by atoms with Gasteiger partial charge in [0.15, 0.2) is 11.6 Å². The third-order valence-electron chi connectivity index (χ3n) is 5.73. The highest BCUT2D eigenvalue weighted by Gasteiger charge is 2.32. The van der Waals surface area contributed by atoms with Crippen LogP contribution in [-0.4, -0.2) is 56.9 Å². The van der Waals surface area contributed by atoms with Crippen molar-refractivity contribution in [3.8, 4) is 11.6 Å². The average molecular weight is 481 g/mol. The minimum Gasteiger partial charge on any atom is -0.491 e. The first-order chi connectivity index (χ1) is 16.8. The largest absolute Gasteiger partial charge is 0.491 e. The van der Waals surface area contributed by atoms with Gasteiger partial charge >= 0.3 is 0 Å². The second-order valence-corrected chi connectivity index (χ2v) is 8.77. The van der Waals surface area contributed by atoms with Crippen molar-refractivity contribution >= 4 is 23.4 Å². The molecule has 0 spiro atoms. The number of fused-ring (bicyclic) bond motifs is 1. The summed E-state index contributed by atoms with van der Waals surface area (Å²) >= 11 is 0. The van der Waals surface area contributed by atoms with Crippen LogP contribution in [-0.2, 0) is 17.9 Å². The maximum Gasteiger partial charge on any atom is 0.257 e. The number of aromatic nitrogens is 5. The summed E-state index contributed by atoms with van der Waals surface area (Å²) in [5.41, 5.74) is 3.31. The van der Waals surface area contributed by atoms with Gasteiger partial charge in [0.05, 0.1) is 31.6 Å². The standard InChI is InChI=1S/C24H32N8O3/c1-7-18-22(33)29-20-15(4)28-24(30-21(20)31(18)5)26-10-17-11-27-32(13-17)12-16-8-19(34-6)23(25-9-16)35-14(2)3/h8-9,11,13-14,18H,7,10,12H2,1-6H3,(H,29,33)(H,26,28,30)/t18-/m0/s1. The lowest BCUT2D eigenvalue weighted by atomic mass is 10.1. The molecule has 35 heavy (non-hydrogen) atoms. The molecule has 3 aromatic heterocycles. The van der Waals surface area contributed by atoms with Crippen LogP contribution in [0.2, 0.25) is 0 Å². The summed E-state index contributed by atoms with van der Waals surface area (Å²) < 4.78 is 12.9. The molecule has 3 aromatic rings. The molecule has 1 amide bonds. The highest BCUT2D eigenvalue weighted by Crippen LogP contribution is 2.33. The number of rotatable bonds is 9. The summed E-state index contributed by atoms with van der Waals surface area (Å²) in [6, 6.07) is 1.66. The number of aryl methyl sites for hydroxylation is 1. The van der Waals surface area contributed by atoms with E-state index in [9.17, 15) is 4.79 Å². The summed E-state index contributed by atoms with van der Waals surface area (Å²) in [7, 11) is 3.49. The topological polar surface area (TPSA) is 119 Å². The number of nitrogens with zero attached hydrogens (tertiary/aromatic N) is 6. The molecule has 0 saturated carbocycles. The maximum absolute atomic E-state index is 12.3. The number of nitrogens with one attached hydrogen (secondary N) is 2. The van der Waals surface area contributed by atoms with Crippen molar-refractivity contribution in [1.29, 1.82) is 0 Å². The minimum absolute atomic E-state index is 0.0125. The number of likely N-dealkylation sites (N-methyl/N-ethyl adjacent to an activating group) is 1. The van der Waals surface area contributed by atoms with E-state index in [0.29, 0.717) is 54.3 Å². The summed E-state index contributed by atoms with van der Waals surface area (Å²) in [4.78, 5) is 27.8. The summed E-state index contributed by atoms with van der Waals surface area (Å²) in [6.07, 6.45) is 6.24. The summed E-state index contributed by atoms with van der Waals surface area (Å²) in [5.74, 6) is 2.26. The zero-order valence-corrected chi connectivity index (χ0v) is 21.0. The van der Waals surface area contributed by atoms with E-state index >= 15 is 0 Å². The highest BCUT2D eigenvalue weighted by atomic mass is 16.5. The number of ether oxygens (including phenoxy) is 2. The Hall–Kier alpha value is -3.89. The lowest BCUT2D eigenvalue weighted by Crippen LogP contribution is -2.46. The van der Waals surface area contributed by atoms with Gasteiger partial charge in [-0.15, -0.1) is 0 Å². The number of amides is 1. The lowest BCUT2D eigenvalue weighted by molar-refractivity contribution is -0.117. The van der Waals surface area contributed by atoms with Gasteiger partial charge in [0, 0.05) is 31.5 Å². The van der Waals surface area contributed by atoms with Crippen LogP contribution in [0.4, 0.5) is 17.5 Å². The molecule has 0 bridgehead atoms. The molecule has 0 saturated heterocycles. The molecule has 0 unspecified atom stereocenters. The molecule has 0 radical (unpaired) electrons. The lowest BCUT2D eigenvalue weighted by Gasteiger charge is -2.34. The molecule has 2 N–H and O–H groups in total. The van der Waals surface area contributed by atoms with Gasteiger partial charge in [0.1, 0.15) is 11.7 Å². The molecule has 11 heteroatoms. The van der Waals surface area contributed by atoms with Crippen LogP contribution in [0.5, 0.6) is 11.6 Å². The van der Waals surface area contributed by atoms with E-state index in [1.165, 1.54) is 0 Å². The van der Waals surface area contributed by atoms with E-state index in [4.69, 9.17) is 9.47 Å². The predicted molar refractivity (Wildman–Crippen MR) is 133 cm³/mol. The van der Waals surface area contributed by atoms with Crippen molar-refractivity contribution < 1.29 is 14.3 Å². The number of hydrogen-bond donors (Lipinski definition) is 2. The van der Waals surface area contributed by atoms with Gasteiger partial charge in [-0.3, -0.25) is 9.48 Å². The fraction of sp³-hybridized carbons (Fsp3) is 0.458. The van der Waals surface area contributed by atoms with Crippen molar-refractivity contribution in [3.05, 3.63) is 41.5 Å². The van der Waals surface area contributed by atoms with Gasteiger partial charge in [-0.05, 0) is 38.8 Å². The first-order valence-corrected chi connectivity index (χ1v) is 11.7. The zero-order valence-electron chi connectivity index (χ0n) is 21.0. The van der Waals surface area contributed by atoms with Gasteiger partial charge in [-0.1, -0.05) is 6.92 Å². The maximum atomic E-state index is 12.3. The molecular formula is C24H32N8O3. The Bertz CT molecular complexity index is 1210. The van der Waals surface area contributed by atoms with Crippen molar-refractivity contribution in [2.75, 3.05) is 29.7 Å². The molecule has 0 aromatic carbocycles. The molecule has 0 fully saturated rings. The Morgan fingerprint density at radius 2 is 2.03 bits per heavy atom. The molecule has 0 aliphatic carbocycles. The smallest absolute Gasteiger partial charge is 0.257 e. The Labute approximate surface area is 204 Å². The summed E-state index contributed by atoms with van der Waals surface area (Å²) in [5, 5.41) is 10.7. The Morgan fingerprint density at radius 3 is 2.74 bits per heavy atom. The van der Waals surface area contributed by atoms with E-state index in [1.54, 1.807) is 19.5 Å². The third kappa shape index (κ3) is 5.28. The molecule has 1 aliphatic rings. The van der Waals surface area contributed by atoms with Gasteiger partial charge in [-0.25, -0.2) is 9.97 Å². The van der Waals surface area contributed by atoms with Crippen LogP contribution in [0, 0.1) is 6.92 Å². The number of anilines is 3. The van der Waals surface area contributed by atoms with E-state index in [1.807, 2.05) is 56.6 Å². The van der Waals surface area contributed by atoms with Crippen molar-refractivity contribution in [2.45, 2.75) is 59.4 Å². The number of carbonyl (C=O) groups excluding carboxylic acids is 1. The fourth-order valence-electron chi connectivity index (χ4n) is 4.00. The molecule has 4 rings (SSSR count). The Kier molecular flexibility index (Phi) is 7.04. The molecule has 186 valence electrons. The first-order valence-electron chi connectivity index (χ1n) is 11.7. The zero-order chi connectivity index (χ0) is 25.1.